The summed E-state index contributed by atoms with van der Waals surface area (Å²) in [5.74, 6) is -0.00201. The number of aromatic nitrogens is 3. The maximum atomic E-state index is 11.9. The molecular weight excluding hydrogens is 572 g/mol. The van der Waals surface area contributed by atoms with Gasteiger partial charge in [0.15, 0.2) is 5.65 Å². The van der Waals surface area contributed by atoms with Gasteiger partial charge in [-0.3, -0.25) is 4.79 Å². The van der Waals surface area contributed by atoms with E-state index in [1.54, 1.807) is 20.8 Å². The molecule has 2 aromatic heterocycles. The highest BCUT2D eigenvalue weighted by Crippen LogP contribution is 2.37. The number of allylic oxidation sites excluding steroid dienone is 4. The SMILES string of the molecule is CC.CC(C)(C)O.Cc1nc2cc3nn2c(c1CC(=O)O)N1CCC(C)(/C=C/C=C\CCc2ccccc2-c2cccc-3c2)CC1. The highest BCUT2D eigenvalue weighted by molar-refractivity contribution is 5.77. The van der Waals surface area contributed by atoms with Gasteiger partial charge in [0, 0.05) is 36.0 Å². The van der Waals surface area contributed by atoms with Gasteiger partial charge in [0.1, 0.15) is 5.82 Å². The van der Waals surface area contributed by atoms with Gasteiger partial charge in [-0.05, 0) is 81.5 Å². The topological polar surface area (TPSA) is 91.0 Å². The lowest BCUT2D eigenvalue weighted by Gasteiger charge is -2.39. The molecule has 0 amide bonds. The zero-order valence-electron chi connectivity index (χ0n) is 28.5. The maximum Gasteiger partial charge on any atom is 0.308 e. The van der Waals surface area contributed by atoms with E-state index in [-0.39, 0.29) is 11.8 Å². The fourth-order valence-corrected chi connectivity index (χ4v) is 5.92. The van der Waals surface area contributed by atoms with E-state index in [0.29, 0.717) is 0 Å². The number of aliphatic carboxylic acids is 1. The van der Waals surface area contributed by atoms with E-state index in [1.165, 1.54) is 11.1 Å². The van der Waals surface area contributed by atoms with Crippen molar-refractivity contribution in [2.45, 2.75) is 86.2 Å². The van der Waals surface area contributed by atoms with E-state index in [0.717, 1.165) is 78.3 Å². The number of aryl methyl sites for hydroxylation is 2. The minimum Gasteiger partial charge on any atom is -0.481 e. The summed E-state index contributed by atoms with van der Waals surface area (Å²) < 4.78 is 1.87. The van der Waals surface area contributed by atoms with Crippen LogP contribution in [0.15, 0.2) is 78.9 Å². The number of rotatable bonds is 2. The summed E-state index contributed by atoms with van der Waals surface area (Å²) in [5, 5.41) is 23.3. The van der Waals surface area contributed by atoms with Crippen molar-refractivity contribution in [1.82, 2.24) is 14.6 Å². The quantitative estimate of drug-likeness (QED) is 0.233. The van der Waals surface area contributed by atoms with Crippen LogP contribution in [-0.4, -0.2) is 49.5 Å². The van der Waals surface area contributed by atoms with E-state index < -0.39 is 11.6 Å². The molecule has 3 aliphatic heterocycles. The predicted octanol–water partition coefficient (Wildman–Crippen LogP) is 8.47. The Morgan fingerprint density at radius 1 is 0.978 bits per heavy atom. The molecule has 1 fully saturated rings. The van der Waals surface area contributed by atoms with E-state index in [9.17, 15) is 9.90 Å². The number of hydrogen-bond acceptors (Lipinski definition) is 5. The van der Waals surface area contributed by atoms with Crippen molar-refractivity contribution in [3.63, 3.8) is 0 Å². The van der Waals surface area contributed by atoms with Gasteiger partial charge in [0.05, 0.1) is 17.7 Å². The summed E-state index contributed by atoms with van der Waals surface area (Å²) in [6, 6.07) is 19.2. The lowest BCUT2D eigenvalue weighted by Crippen LogP contribution is -2.39. The van der Waals surface area contributed by atoms with Gasteiger partial charge in [-0.25, -0.2) is 4.98 Å². The van der Waals surface area contributed by atoms with Crippen LogP contribution in [0, 0.1) is 12.3 Å². The van der Waals surface area contributed by atoms with Crippen LogP contribution < -0.4 is 4.90 Å². The van der Waals surface area contributed by atoms with Crippen molar-refractivity contribution in [3.05, 3.63) is 95.7 Å². The summed E-state index contributed by atoms with van der Waals surface area (Å²) >= 11 is 0. The summed E-state index contributed by atoms with van der Waals surface area (Å²) in [4.78, 5) is 19.0. The first-order chi connectivity index (χ1) is 21.9. The Kier molecular flexibility index (Phi) is 11.2. The van der Waals surface area contributed by atoms with Gasteiger partial charge in [0.2, 0.25) is 0 Å². The fraction of sp³-hybridized carbons (Fsp3) is 0.410. The first kappa shape index (κ1) is 34.6. The van der Waals surface area contributed by atoms with Crippen LogP contribution in [0.3, 0.4) is 0 Å². The van der Waals surface area contributed by atoms with Crippen LogP contribution >= 0.6 is 0 Å². The molecule has 7 nitrogen and oxygen atoms in total. The Hall–Kier alpha value is -4.23. The van der Waals surface area contributed by atoms with Gasteiger partial charge >= 0.3 is 5.97 Å². The van der Waals surface area contributed by atoms with Crippen molar-refractivity contribution < 1.29 is 15.0 Å². The van der Waals surface area contributed by atoms with Gasteiger partial charge in [-0.1, -0.05) is 87.5 Å². The van der Waals surface area contributed by atoms with Crippen LogP contribution in [0.25, 0.3) is 28.0 Å². The van der Waals surface area contributed by atoms with Crippen LogP contribution in [-0.2, 0) is 17.6 Å². The zero-order valence-corrected chi connectivity index (χ0v) is 28.5. The number of aliphatic hydroxyl groups is 1. The largest absolute Gasteiger partial charge is 0.481 e. The standard InChI is InChI=1S/C33H34N4O2.C4H10O.C2H6/c1-23-28(21-31(38)39)32-36-18-16-33(2,17-19-36)15-8-4-3-5-10-24-11-6-7-14-27(24)25-12-9-13-26(20-25)29-22-30(34-23)37(32)35-29;1-4(2,3)5;1-2/h3-4,6-9,11-15,20,22H,5,10,16-19,21H2,1-2H3,(H,38,39);5H,1-3H3;1-2H3/b4-3-,15-8+;;. The Morgan fingerprint density at radius 2 is 1.65 bits per heavy atom. The molecule has 0 radical (unpaired) electrons. The van der Waals surface area contributed by atoms with Gasteiger partial charge in [0.25, 0.3) is 0 Å². The number of carboxylic acid groups (broad SMARTS) is 1. The Labute approximate surface area is 274 Å². The monoisotopic (exact) mass is 622 g/mol. The molecule has 0 atom stereocenters. The van der Waals surface area contributed by atoms with Crippen molar-refractivity contribution in [3.8, 4) is 22.4 Å². The fourth-order valence-electron chi connectivity index (χ4n) is 5.92. The molecule has 0 aliphatic carbocycles. The maximum absolute atomic E-state index is 11.9. The highest BCUT2D eigenvalue weighted by Gasteiger charge is 2.31. The van der Waals surface area contributed by atoms with Gasteiger partial charge < -0.3 is 15.1 Å². The second-order valence-corrected chi connectivity index (χ2v) is 13.2. The highest BCUT2D eigenvalue weighted by atomic mass is 16.4. The molecule has 6 bridgehead atoms. The summed E-state index contributed by atoms with van der Waals surface area (Å²) in [7, 11) is 0. The van der Waals surface area contributed by atoms with Crippen molar-refractivity contribution in [2.75, 3.05) is 18.0 Å². The van der Waals surface area contributed by atoms with Crippen LogP contribution in [0.2, 0.25) is 0 Å². The number of nitrogens with zero attached hydrogens (tertiary/aromatic N) is 4. The molecule has 2 N–H and O–H groups in total. The molecule has 7 rings (SSSR count). The first-order valence-corrected chi connectivity index (χ1v) is 16.5. The van der Waals surface area contributed by atoms with E-state index >= 15 is 0 Å². The number of hydrogen-bond donors (Lipinski definition) is 2. The van der Waals surface area contributed by atoms with Crippen LogP contribution in [0.1, 0.15) is 77.6 Å². The van der Waals surface area contributed by atoms with Crippen molar-refractivity contribution in [2.24, 2.45) is 5.41 Å². The minimum atomic E-state index is -0.860. The molecule has 3 aliphatic rings. The smallest absolute Gasteiger partial charge is 0.308 e. The third-order valence-corrected chi connectivity index (χ3v) is 8.23. The molecule has 7 heteroatoms. The minimum absolute atomic E-state index is 0.0793. The molecular formula is C39H50N4O3. The molecule has 0 saturated carbocycles. The van der Waals surface area contributed by atoms with E-state index in [4.69, 9.17) is 15.2 Å². The summed E-state index contributed by atoms with van der Waals surface area (Å²) in [6.45, 7) is 15.1. The molecule has 1 saturated heterocycles. The summed E-state index contributed by atoms with van der Waals surface area (Å²) in [5.41, 5.74) is 7.39. The molecule has 244 valence electrons. The molecule has 46 heavy (non-hydrogen) atoms. The average Bonchev–Trinajstić information content (AvgIpc) is 3.43. The zero-order chi connectivity index (χ0) is 33.5. The van der Waals surface area contributed by atoms with Crippen LogP contribution in [0.5, 0.6) is 0 Å². The Balaban J connectivity index is 0.000000628. The second-order valence-electron chi connectivity index (χ2n) is 13.2. The Morgan fingerprint density at radius 3 is 2.35 bits per heavy atom. The number of anilines is 1. The first-order valence-electron chi connectivity index (χ1n) is 16.5. The number of piperidine rings is 1. The van der Waals surface area contributed by atoms with Crippen molar-refractivity contribution in [1.29, 1.82) is 0 Å². The van der Waals surface area contributed by atoms with Crippen LogP contribution in [0.4, 0.5) is 5.82 Å². The lowest BCUT2D eigenvalue weighted by molar-refractivity contribution is -0.136. The third kappa shape index (κ3) is 8.73. The summed E-state index contributed by atoms with van der Waals surface area (Å²) in [6.07, 6.45) is 12.8. The van der Waals surface area contributed by atoms with Gasteiger partial charge in [-0.15, -0.1) is 0 Å². The molecule has 2 aromatic carbocycles. The van der Waals surface area contributed by atoms with E-state index in [1.807, 2.05) is 31.4 Å². The predicted molar refractivity (Wildman–Crippen MR) is 189 cm³/mol. The lowest BCUT2D eigenvalue weighted by atomic mass is 9.80. The molecule has 5 heterocycles. The molecule has 4 aromatic rings. The van der Waals surface area contributed by atoms with E-state index in [2.05, 4.69) is 84.7 Å². The molecule has 0 unspecified atom stereocenters. The normalized spacial score (nSPS) is 16.9. The van der Waals surface area contributed by atoms with Crippen molar-refractivity contribution >= 4 is 17.4 Å². The number of carboxylic acids is 1. The number of carbonyl (C=O) groups is 1. The Bertz CT molecular complexity index is 1700. The average molecular weight is 623 g/mol. The molecule has 0 spiro atoms. The third-order valence-electron chi connectivity index (χ3n) is 8.23. The second kappa shape index (κ2) is 14.9. The number of fused-ring (bicyclic) bond motifs is 5. The number of benzene rings is 2. The van der Waals surface area contributed by atoms with Gasteiger partial charge in [-0.2, -0.15) is 9.61 Å².